The van der Waals surface area contributed by atoms with Gasteiger partial charge in [-0.3, -0.25) is 4.68 Å². The van der Waals surface area contributed by atoms with Crippen LogP contribution >= 0.6 is 0 Å². The Morgan fingerprint density at radius 1 is 1.27 bits per heavy atom. The van der Waals surface area contributed by atoms with Crippen molar-refractivity contribution in [2.75, 3.05) is 0 Å². The molecule has 0 saturated heterocycles. The summed E-state index contributed by atoms with van der Waals surface area (Å²) in [5, 5.41) is 4.37. The summed E-state index contributed by atoms with van der Waals surface area (Å²) in [5.74, 6) is -0.230. The molecule has 0 fully saturated rings. The first-order valence-electron chi connectivity index (χ1n) is 4.98. The second-order valence-corrected chi connectivity index (χ2v) is 3.79. The van der Waals surface area contributed by atoms with Crippen LogP contribution in [0.25, 0.3) is 11.3 Å². The van der Waals surface area contributed by atoms with Crippen molar-refractivity contribution in [3.8, 4) is 11.3 Å². The van der Waals surface area contributed by atoms with Gasteiger partial charge in [-0.05, 0) is 32.0 Å². The molecule has 0 saturated carbocycles. The third kappa shape index (κ3) is 2.06. The average molecular weight is 204 g/mol. The lowest BCUT2D eigenvalue weighted by Gasteiger charge is -2.03. The molecule has 1 aromatic carbocycles. The van der Waals surface area contributed by atoms with E-state index in [9.17, 15) is 4.39 Å². The smallest absolute Gasteiger partial charge is 0.123 e. The van der Waals surface area contributed by atoms with Gasteiger partial charge in [-0.15, -0.1) is 0 Å². The van der Waals surface area contributed by atoms with Crippen molar-refractivity contribution in [2.45, 2.75) is 19.9 Å². The summed E-state index contributed by atoms with van der Waals surface area (Å²) >= 11 is 0. The van der Waals surface area contributed by atoms with Gasteiger partial charge >= 0.3 is 0 Å². The Balaban J connectivity index is 2.37. The minimum Gasteiger partial charge on any atom is -0.270 e. The van der Waals surface area contributed by atoms with Gasteiger partial charge < -0.3 is 0 Å². The molecule has 3 heteroatoms. The van der Waals surface area contributed by atoms with Crippen molar-refractivity contribution < 1.29 is 4.39 Å². The quantitative estimate of drug-likeness (QED) is 0.734. The molecule has 0 aliphatic heterocycles. The number of hydrogen-bond donors (Lipinski definition) is 0. The van der Waals surface area contributed by atoms with Gasteiger partial charge in [0.05, 0.1) is 5.69 Å². The summed E-state index contributed by atoms with van der Waals surface area (Å²) in [6.07, 6.45) is 1.91. The average Bonchev–Trinajstić information content (AvgIpc) is 2.66. The van der Waals surface area contributed by atoms with Crippen LogP contribution in [0, 0.1) is 5.82 Å². The first kappa shape index (κ1) is 9.90. The minimum absolute atomic E-state index is 0.230. The normalized spacial score (nSPS) is 10.9. The maximum Gasteiger partial charge on any atom is 0.123 e. The van der Waals surface area contributed by atoms with E-state index in [1.807, 2.05) is 23.0 Å². The van der Waals surface area contributed by atoms with E-state index in [0.717, 1.165) is 11.3 Å². The molecule has 0 spiro atoms. The fraction of sp³-hybridized carbons (Fsp3) is 0.250. The fourth-order valence-corrected chi connectivity index (χ4v) is 1.43. The van der Waals surface area contributed by atoms with Gasteiger partial charge in [0, 0.05) is 17.8 Å². The summed E-state index contributed by atoms with van der Waals surface area (Å²) in [6, 6.07) is 8.70. The van der Waals surface area contributed by atoms with Crippen LogP contribution in [0.5, 0.6) is 0 Å². The second kappa shape index (κ2) is 3.85. The first-order chi connectivity index (χ1) is 7.16. The molecule has 1 aromatic heterocycles. The monoisotopic (exact) mass is 204 g/mol. The SMILES string of the molecule is CC(C)n1ccc(-c2cccc(F)c2)n1. The summed E-state index contributed by atoms with van der Waals surface area (Å²) in [6.45, 7) is 4.12. The molecule has 0 amide bonds. The molecule has 0 atom stereocenters. The molecule has 78 valence electrons. The lowest BCUT2D eigenvalue weighted by atomic mass is 10.1. The van der Waals surface area contributed by atoms with Crippen molar-refractivity contribution in [3.63, 3.8) is 0 Å². The third-order valence-corrected chi connectivity index (χ3v) is 2.26. The van der Waals surface area contributed by atoms with Gasteiger partial charge in [-0.2, -0.15) is 5.10 Å². The zero-order valence-corrected chi connectivity index (χ0v) is 8.81. The molecule has 0 aliphatic rings. The number of hydrogen-bond acceptors (Lipinski definition) is 1. The van der Waals surface area contributed by atoms with Gasteiger partial charge in [-0.1, -0.05) is 12.1 Å². The van der Waals surface area contributed by atoms with Crippen molar-refractivity contribution in [1.29, 1.82) is 0 Å². The standard InChI is InChI=1S/C12H13FN2/c1-9(2)15-7-6-12(14-15)10-4-3-5-11(13)8-10/h3-9H,1-2H3. The molecular weight excluding hydrogens is 191 g/mol. The van der Waals surface area contributed by atoms with Crippen LogP contribution in [-0.2, 0) is 0 Å². The fourth-order valence-electron chi connectivity index (χ4n) is 1.43. The number of aromatic nitrogens is 2. The zero-order valence-electron chi connectivity index (χ0n) is 8.81. The first-order valence-corrected chi connectivity index (χ1v) is 4.98. The van der Waals surface area contributed by atoms with Gasteiger partial charge in [0.1, 0.15) is 5.82 Å². The van der Waals surface area contributed by atoms with E-state index in [2.05, 4.69) is 18.9 Å². The Morgan fingerprint density at radius 2 is 2.07 bits per heavy atom. The third-order valence-electron chi connectivity index (χ3n) is 2.26. The molecule has 2 rings (SSSR count). The van der Waals surface area contributed by atoms with E-state index in [4.69, 9.17) is 0 Å². The molecule has 2 nitrogen and oxygen atoms in total. The summed E-state index contributed by atoms with van der Waals surface area (Å²) in [7, 11) is 0. The molecule has 15 heavy (non-hydrogen) atoms. The Hall–Kier alpha value is -1.64. The highest BCUT2D eigenvalue weighted by Gasteiger charge is 2.04. The van der Waals surface area contributed by atoms with E-state index < -0.39 is 0 Å². The van der Waals surface area contributed by atoms with Crippen molar-refractivity contribution in [2.24, 2.45) is 0 Å². The van der Waals surface area contributed by atoms with Gasteiger partial charge in [0.15, 0.2) is 0 Å². The van der Waals surface area contributed by atoms with Crippen LogP contribution in [0.3, 0.4) is 0 Å². The van der Waals surface area contributed by atoms with Crippen LogP contribution in [0.4, 0.5) is 4.39 Å². The molecule has 0 N–H and O–H groups in total. The van der Waals surface area contributed by atoms with Crippen LogP contribution in [0.1, 0.15) is 19.9 Å². The topological polar surface area (TPSA) is 17.8 Å². The highest BCUT2D eigenvalue weighted by atomic mass is 19.1. The van der Waals surface area contributed by atoms with Crippen LogP contribution in [0.2, 0.25) is 0 Å². The lowest BCUT2D eigenvalue weighted by molar-refractivity contribution is 0.534. The Bertz CT molecular complexity index is 460. The minimum atomic E-state index is -0.230. The number of benzene rings is 1. The summed E-state index contributed by atoms with van der Waals surface area (Å²) in [5.41, 5.74) is 1.62. The molecule has 1 heterocycles. The van der Waals surface area contributed by atoms with Crippen molar-refractivity contribution >= 4 is 0 Å². The number of nitrogens with zero attached hydrogens (tertiary/aromatic N) is 2. The molecule has 2 aromatic rings. The van der Waals surface area contributed by atoms with E-state index in [1.165, 1.54) is 12.1 Å². The molecule has 0 radical (unpaired) electrons. The predicted octanol–water partition coefficient (Wildman–Crippen LogP) is 3.27. The second-order valence-electron chi connectivity index (χ2n) is 3.79. The number of rotatable bonds is 2. The molecule has 0 unspecified atom stereocenters. The highest BCUT2D eigenvalue weighted by molar-refractivity contribution is 5.58. The molecular formula is C12H13FN2. The maximum absolute atomic E-state index is 13.0. The Labute approximate surface area is 88.4 Å². The van der Waals surface area contributed by atoms with Crippen molar-refractivity contribution in [1.82, 2.24) is 9.78 Å². The van der Waals surface area contributed by atoms with Crippen LogP contribution < -0.4 is 0 Å². The Morgan fingerprint density at radius 3 is 2.67 bits per heavy atom. The van der Waals surface area contributed by atoms with Crippen LogP contribution in [-0.4, -0.2) is 9.78 Å². The largest absolute Gasteiger partial charge is 0.270 e. The summed E-state index contributed by atoms with van der Waals surface area (Å²) < 4.78 is 14.8. The van der Waals surface area contributed by atoms with E-state index in [1.54, 1.807) is 6.07 Å². The van der Waals surface area contributed by atoms with Gasteiger partial charge in [0.2, 0.25) is 0 Å². The van der Waals surface area contributed by atoms with Crippen molar-refractivity contribution in [3.05, 3.63) is 42.3 Å². The van der Waals surface area contributed by atoms with Gasteiger partial charge in [-0.25, -0.2) is 4.39 Å². The lowest BCUT2D eigenvalue weighted by Crippen LogP contribution is -2.00. The number of halogens is 1. The van der Waals surface area contributed by atoms with Gasteiger partial charge in [0.25, 0.3) is 0 Å². The highest BCUT2D eigenvalue weighted by Crippen LogP contribution is 2.18. The van der Waals surface area contributed by atoms with E-state index in [-0.39, 0.29) is 5.82 Å². The predicted molar refractivity (Wildman–Crippen MR) is 58.0 cm³/mol. The molecule has 0 aliphatic carbocycles. The van der Waals surface area contributed by atoms with E-state index in [0.29, 0.717) is 6.04 Å². The Kier molecular flexibility index (Phi) is 2.54. The summed E-state index contributed by atoms with van der Waals surface area (Å²) in [4.78, 5) is 0. The maximum atomic E-state index is 13.0. The zero-order chi connectivity index (χ0) is 10.8. The molecule has 0 bridgehead atoms. The van der Waals surface area contributed by atoms with Crippen LogP contribution in [0.15, 0.2) is 36.5 Å². The van der Waals surface area contributed by atoms with E-state index >= 15 is 0 Å².